The first kappa shape index (κ1) is 13.4. The Labute approximate surface area is 132 Å². The van der Waals surface area contributed by atoms with Crippen molar-refractivity contribution in [2.45, 2.75) is 0 Å². The second-order valence-corrected chi connectivity index (χ2v) is 6.09. The Bertz CT molecular complexity index is 774. The highest BCUT2D eigenvalue weighted by Crippen LogP contribution is 2.25. The summed E-state index contributed by atoms with van der Waals surface area (Å²) >= 11 is 1.67. The largest absolute Gasteiger partial charge is 0.359 e. The van der Waals surface area contributed by atoms with E-state index in [9.17, 15) is 0 Å². The SMILES string of the molecule is c1ccc(N=C(c2nc3ccccc3s2)N2CCOC2)cc1. The summed E-state index contributed by atoms with van der Waals surface area (Å²) in [6.07, 6.45) is 0. The molecule has 1 aromatic heterocycles. The molecule has 0 bridgehead atoms. The Morgan fingerprint density at radius 2 is 1.91 bits per heavy atom. The second-order valence-electron chi connectivity index (χ2n) is 5.06. The molecule has 0 atom stereocenters. The first-order chi connectivity index (χ1) is 10.9. The number of aliphatic imine (C=N–C) groups is 1. The summed E-state index contributed by atoms with van der Waals surface area (Å²) in [6.45, 7) is 2.15. The number of rotatable bonds is 2. The van der Waals surface area contributed by atoms with Gasteiger partial charge < -0.3 is 9.64 Å². The van der Waals surface area contributed by atoms with Gasteiger partial charge in [-0.15, -0.1) is 11.3 Å². The monoisotopic (exact) mass is 309 g/mol. The van der Waals surface area contributed by atoms with Crippen LogP contribution in [0.5, 0.6) is 0 Å². The van der Waals surface area contributed by atoms with Crippen molar-refractivity contribution in [3.05, 3.63) is 59.6 Å². The number of nitrogens with zero attached hydrogens (tertiary/aromatic N) is 3. The van der Waals surface area contributed by atoms with Crippen LogP contribution < -0.4 is 0 Å². The zero-order valence-electron chi connectivity index (χ0n) is 12.0. The van der Waals surface area contributed by atoms with Crippen molar-refractivity contribution >= 4 is 33.1 Å². The third-order valence-corrected chi connectivity index (χ3v) is 4.56. The Morgan fingerprint density at radius 1 is 1.09 bits per heavy atom. The molecule has 22 heavy (non-hydrogen) atoms. The molecule has 2 aromatic carbocycles. The second kappa shape index (κ2) is 5.87. The van der Waals surface area contributed by atoms with Crippen molar-refractivity contribution in [3.8, 4) is 0 Å². The third-order valence-electron chi connectivity index (χ3n) is 3.53. The molecule has 1 fully saturated rings. The van der Waals surface area contributed by atoms with Crippen molar-refractivity contribution in [3.63, 3.8) is 0 Å². The average Bonchev–Trinajstić information content (AvgIpc) is 3.23. The molecule has 2 heterocycles. The Balaban J connectivity index is 1.81. The standard InChI is InChI=1S/C17H15N3OS/c1-2-6-13(7-3-1)18-16(20-10-11-21-12-20)17-19-14-8-4-5-9-15(14)22-17/h1-9H,10-12H2. The van der Waals surface area contributed by atoms with E-state index in [1.807, 2.05) is 48.5 Å². The summed E-state index contributed by atoms with van der Waals surface area (Å²) < 4.78 is 6.67. The lowest BCUT2D eigenvalue weighted by Gasteiger charge is -2.16. The Kier molecular flexibility index (Phi) is 3.58. The fourth-order valence-electron chi connectivity index (χ4n) is 2.43. The van der Waals surface area contributed by atoms with Gasteiger partial charge in [0.2, 0.25) is 0 Å². The molecule has 4 rings (SSSR count). The molecule has 0 radical (unpaired) electrons. The van der Waals surface area contributed by atoms with Gasteiger partial charge >= 0.3 is 0 Å². The molecule has 5 heteroatoms. The lowest BCUT2D eigenvalue weighted by molar-refractivity contribution is 0.169. The minimum absolute atomic E-state index is 0.571. The third kappa shape index (κ3) is 2.61. The van der Waals surface area contributed by atoms with E-state index in [0.29, 0.717) is 6.73 Å². The molecule has 0 N–H and O–H groups in total. The van der Waals surface area contributed by atoms with Crippen LogP contribution in [-0.2, 0) is 4.74 Å². The van der Waals surface area contributed by atoms with Crippen molar-refractivity contribution in [2.24, 2.45) is 4.99 Å². The number of benzene rings is 2. The summed E-state index contributed by atoms with van der Waals surface area (Å²) in [5, 5.41) is 0.940. The number of ether oxygens (including phenoxy) is 1. The molecule has 3 aromatic rings. The van der Waals surface area contributed by atoms with Gasteiger partial charge in [0.25, 0.3) is 0 Å². The summed E-state index contributed by atoms with van der Waals surface area (Å²) in [5.41, 5.74) is 1.95. The molecular formula is C17H15N3OS. The number of para-hydroxylation sites is 2. The molecule has 1 aliphatic rings. The first-order valence-electron chi connectivity index (χ1n) is 7.22. The molecule has 4 nitrogen and oxygen atoms in total. The molecule has 0 unspecified atom stereocenters. The average molecular weight is 309 g/mol. The quantitative estimate of drug-likeness (QED) is 0.535. The summed E-state index contributed by atoms with van der Waals surface area (Å²) in [7, 11) is 0. The van der Waals surface area contributed by atoms with Gasteiger partial charge in [-0.3, -0.25) is 0 Å². The fraction of sp³-hybridized carbons (Fsp3) is 0.176. The van der Waals surface area contributed by atoms with E-state index in [2.05, 4.69) is 11.0 Å². The number of fused-ring (bicyclic) bond motifs is 1. The van der Waals surface area contributed by atoms with Crippen LogP contribution in [0.3, 0.4) is 0 Å². The van der Waals surface area contributed by atoms with Gasteiger partial charge in [-0.2, -0.15) is 0 Å². The van der Waals surface area contributed by atoms with Crippen molar-refractivity contribution < 1.29 is 4.74 Å². The highest BCUT2D eigenvalue weighted by atomic mass is 32.1. The minimum Gasteiger partial charge on any atom is -0.359 e. The van der Waals surface area contributed by atoms with Gasteiger partial charge in [0, 0.05) is 6.54 Å². The lowest BCUT2D eigenvalue weighted by Crippen LogP contribution is -2.29. The van der Waals surface area contributed by atoms with E-state index in [-0.39, 0.29) is 0 Å². The van der Waals surface area contributed by atoms with Gasteiger partial charge in [-0.05, 0) is 24.3 Å². The molecule has 0 spiro atoms. The number of aromatic nitrogens is 1. The molecular weight excluding hydrogens is 294 g/mol. The van der Waals surface area contributed by atoms with Gasteiger partial charge in [-0.1, -0.05) is 30.3 Å². The van der Waals surface area contributed by atoms with Crippen LogP contribution in [0.15, 0.2) is 59.6 Å². The predicted molar refractivity (Wildman–Crippen MR) is 89.8 cm³/mol. The van der Waals surface area contributed by atoms with E-state index >= 15 is 0 Å². The van der Waals surface area contributed by atoms with E-state index in [0.717, 1.165) is 35.2 Å². The van der Waals surface area contributed by atoms with Crippen LogP contribution >= 0.6 is 11.3 Å². The molecule has 0 amide bonds. The maximum absolute atomic E-state index is 5.49. The first-order valence-corrected chi connectivity index (χ1v) is 8.04. The van der Waals surface area contributed by atoms with E-state index < -0.39 is 0 Å². The zero-order chi connectivity index (χ0) is 14.8. The fourth-order valence-corrected chi connectivity index (χ4v) is 3.41. The van der Waals surface area contributed by atoms with Gasteiger partial charge in [0.05, 0.1) is 22.5 Å². The lowest BCUT2D eigenvalue weighted by atomic mass is 10.3. The highest BCUT2D eigenvalue weighted by Gasteiger charge is 2.21. The van der Waals surface area contributed by atoms with Crippen LogP contribution in [0, 0.1) is 0 Å². The zero-order valence-corrected chi connectivity index (χ0v) is 12.8. The van der Waals surface area contributed by atoms with Gasteiger partial charge in [0.15, 0.2) is 10.8 Å². The number of hydrogen-bond acceptors (Lipinski definition) is 4. The number of amidine groups is 1. The normalized spacial score (nSPS) is 15.6. The van der Waals surface area contributed by atoms with Gasteiger partial charge in [0.1, 0.15) is 6.73 Å². The maximum atomic E-state index is 5.49. The van der Waals surface area contributed by atoms with Crippen LogP contribution in [-0.4, -0.2) is 35.6 Å². The molecule has 0 aliphatic carbocycles. The smallest absolute Gasteiger partial charge is 0.167 e. The van der Waals surface area contributed by atoms with E-state index in [1.165, 1.54) is 4.70 Å². The molecule has 0 saturated carbocycles. The van der Waals surface area contributed by atoms with Crippen LogP contribution in [0.1, 0.15) is 5.01 Å². The Morgan fingerprint density at radius 3 is 2.68 bits per heavy atom. The maximum Gasteiger partial charge on any atom is 0.167 e. The minimum atomic E-state index is 0.571. The number of hydrogen-bond donors (Lipinski definition) is 0. The molecule has 1 aliphatic heterocycles. The van der Waals surface area contributed by atoms with Crippen molar-refractivity contribution in [2.75, 3.05) is 19.9 Å². The number of thiazole rings is 1. The molecule has 1 saturated heterocycles. The highest BCUT2D eigenvalue weighted by molar-refractivity contribution is 7.20. The van der Waals surface area contributed by atoms with Gasteiger partial charge in [-0.25, -0.2) is 9.98 Å². The molecule has 110 valence electrons. The van der Waals surface area contributed by atoms with Crippen LogP contribution in [0.2, 0.25) is 0 Å². The van der Waals surface area contributed by atoms with Crippen LogP contribution in [0.4, 0.5) is 5.69 Å². The van der Waals surface area contributed by atoms with Crippen molar-refractivity contribution in [1.29, 1.82) is 0 Å². The Hall–Kier alpha value is -2.24. The van der Waals surface area contributed by atoms with E-state index in [1.54, 1.807) is 11.3 Å². The summed E-state index contributed by atoms with van der Waals surface area (Å²) in [6, 6.07) is 18.2. The van der Waals surface area contributed by atoms with Crippen molar-refractivity contribution in [1.82, 2.24) is 9.88 Å². The topological polar surface area (TPSA) is 37.7 Å². The predicted octanol–water partition coefficient (Wildman–Crippen LogP) is 3.66. The summed E-state index contributed by atoms with van der Waals surface area (Å²) in [4.78, 5) is 11.7. The van der Waals surface area contributed by atoms with Crippen LogP contribution in [0.25, 0.3) is 10.2 Å². The summed E-state index contributed by atoms with van der Waals surface area (Å²) in [5.74, 6) is 0.893. The van der Waals surface area contributed by atoms with E-state index in [4.69, 9.17) is 14.7 Å².